The van der Waals surface area contributed by atoms with Gasteiger partial charge in [-0.2, -0.15) is 0 Å². The summed E-state index contributed by atoms with van der Waals surface area (Å²) in [6, 6.07) is 0. The molecule has 2 N–H and O–H groups in total. The van der Waals surface area contributed by atoms with E-state index in [4.69, 9.17) is 5.73 Å². The quantitative estimate of drug-likeness (QED) is 0.683. The standard InChI is InChI=1S/C10H20N2/c11-6-10-2-1-5-12(8-10)7-9-3-4-9/h9-10H,1-8,11H2. The Morgan fingerprint density at radius 2 is 2.00 bits per heavy atom. The van der Waals surface area contributed by atoms with Gasteiger partial charge in [-0.15, -0.1) is 0 Å². The molecule has 0 spiro atoms. The van der Waals surface area contributed by atoms with E-state index >= 15 is 0 Å². The first-order valence-corrected chi connectivity index (χ1v) is 5.31. The second-order valence-electron chi connectivity index (χ2n) is 4.45. The fourth-order valence-electron chi connectivity index (χ4n) is 2.18. The number of hydrogen-bond acceptors (Lipinski definition) is 2. The van der Waals surface area contributed by atoms with Gasteiger partial charge in [-0.05, 0) is 50.6 Å². The monoisotopic (exact) mass is 168 g/mol. The van der Waals surface area contributed by atoms with E-state index < -0.39 is 0 Å². The van der Waals surface area contributed by atoms with Crippen LogP contribution in [0, 0.1) is 11.8 Å². The van der Waals surface area contributed by atoms with Gasteiger partial charge in [-0.3, -0.25) is 0 Å². The van der Waals surface area contributed by atoms with E-state index in [9.17, 15) is 0 Å². The summed E-state index contributed by atoms with van der Waals surface area (Å²) in [5.41, 5.74) is 5.69. The zero-order valence-electron chi connectivity index (χ0n) is 7.84. The van der Waals surface area contributed by atoms with E-state index in [0.29, 0.717) is 0 Å². The molecule has 0 bridgehead atoms. The van der Waals surface area contributed by atoms with Crippen molar-refractivity contribution in [1.82, 2.24) is 4.90 Å². The Morgan fingerprint density at radius 1 is 1.17 bits per heavy atom. The first-order chi connectivity index (χ1) is 5.88. The maximum absolute atomic E-state index is 5.69. The minimum absolute atomic E-state index is 0.789. The average Bonchev–Trinajstić information content (AvgIpc) is 2.89. The molecule has 0 aromatic heterocycles. The number of piperidine rings is 1. The number of nitrogens with zero attached hydrogens (tertiary/aromatic N) is 1. The summed E-state index contributed by atoms with van der Waals surface area (Å²) in [7, 11) is 0. The Bertz CT molecular complexity index is 143. The molecule has 1 saturated heterocycles. The minimum atomic E-state index is 0.789. The molecule has 2 aliphatic rings. The van der Waals surface area contributed by atoms with Gasteiger partial charge in [0.05, 0.1) is 0 Å². The van der Waals surface area contributed by atoms with E-state index in [-0.39, 0.29) is 0 Å². The summed E-state index contributed by atoms with van der Waals surface area (Å²) in [6.45, 7) is 4.84. The van der Waals surface area contributed by atoms with Gasteiger partial charge in [-0.1, -0.05) is 0 Å². The Kier molecular flexibility index (Phi) is 2.66. The molecule has 12 heavy (non-hydrogen) atoms. The highest BCUT2D eigenvalue weighted by Crippen LogP contribution is 2.30. The molecule has 2 rings (SSSR count). The molecule has 0 amide bonds. The molecular weight excluding hydrogens is 148 g/mol. The van der Waals surface area contributed by atoms with Gasteiger partial charge in [0.1, 0.15) is 0 Å². The Hall–Kier alpha value is -0.0800. The van der Waals surface area contributed by atoms with Crippen LogP contribution in [0.5, 0.6) is 0 Å². The maximum Gasteiger partial charge on any atom is 0.00218 e. The molecule has 1 aliphatic heterocycles. The number of nitrogens with two attached hydrogens (primary N) is 1. The predicted octanol–water partition coefficient (Wildman–Crippen LogP) is 1.07. The zero-order chi connectivity index (χ0) is 8.39. The third-order valence-electron chi connectivity index (χ3n) is 3.15. The fraction of sp³-hybridized carbons (Fsp3) is 1.00. The average molecular weight is 168 g/mol. The second kappa shape index (κ2) is 3.75. The van der Waals surface area contributed by atoms with Crippen molar-refractivity contribution in [3.05, 3.63) is 0 Å². The molecule has 0 radical (unpaired) electrons. The van der Waals surface area contributed by atoms with Gasteiger partial charge in [0.25, 0.3) is 0 Å². The zero-order valence-corrected chi connectivity index (χ0v) is 7.84. The van der Waals surface area contributed by atoms with Gasteiger partial charge in [0, 0.05) is 13.1 Å². The van der Waals surface area contributed by atoms with Crippen LogP contribution in [0.25, 0.3) is 0 Å². The Labute approximate surface area is 75.1 Å². The van der Waals surface area contributed by atoms with Crippen LogP contribution in [-0.4, -0.2) is 31.1 Å². The molecule has 0 aromatic rings. The molecule has 1 unspecified atom stereocenters. The van der Waals surface area contributed by atoms with Crippen LogP contribution in [0.2, 0.25) is 0 Å². The highest BCUT2D eigenvalue weighted by Gasteiger charge is 2.26. The van der Waals surface area contributed by atoms with Crippen LogP contribution < -0.4 is 5.73 Å². The van der Waals surface area contributed by atoms with Crippen LogP contribution in [0.1, 0.15) is 25.7 Å². The molecule has 2 heteroatoms. The van der Waals surface area contributed by atoms with Crippen molar-refractivity contribution in [2.75, 3.05) is 26.2 Å². The third-order valence-corrected chi connectivity index (χ3v) is 3.15. The van der Waals surface area contributed by atoms with Crippen molar-refractivity contribution in [2.45, 2.75) is 25.7 Å². The highest BCUT2D eigenvalue weighted by molar-refractivity contribution is 4.81. The van der Waals surface area contributed by atoms with Crippen LogP contribution in [0.3, 0.4) is 0 Å². The summed E-state index contributed by atoms with van der Waals surface area (Å²) in [4.78, 5) is 2.62. The van der Waals surface area contributed by atoms with Crippen LogP contribution in [0.15, 0.2) is 0 Å². The summed E-state index contributed by atoms with van der Waals surface area (Å²) in [5, 5.41) is 0. The highest BCUT2D eigenvalue weighted by atomic mass is 15.1. The van der Waals surface area contributed by atoms with Gasteiger partial charge >= 0.3 is 0 Å². The van der Waals surface area contributed by atoms with Gasteiger partial charge < -0.3 is 10.6 Å². The van der Waals surface area contributed by atoms with Crippen molar-refractivity contribution in [3.63, 3.8) is 0 Å². The topological polar surface area (TPSA) is 29.3 Å². The molecule has 1 heterocycles. The molecule has 70 valence electrons. The van der Waals surface area contributed by atoms with Gasteiger partial charge in [0.2, 0.25) is 0 Å². The lowest BCUT2D eigenvalue weighted by Gasteiger charge is -2.32. The van der Waals surface area contributed by atoms with Crippen molar-refractivity contribution in [1.29, 1.82) is 0 Å². The van der Waals surface area contributed by atoms with Crippen molar-refractivity contribution < 1.29 is 0 Å². The molecule has 1 aliphatic carbocycles. The molecular formula is C10H20N2. The molecule has 1 atom stereocenters. The van der Waals surface area contributed by atoms with Crippen molar-refractivity contribution in [3.8, 4) is 0 Å². The van der Waals surface area contributed by atoms with Gasteiger partial charge in [0.15, 0.2) is 0 Å². The van der Waals surface area contributed by atoms with E-state index in [1.807, 2.05) is 0 Å². The van der Waals surface area contributed by atoms with E-state index in [2.05, 4.69) is 4.90 Å². The van der Waals surface area contributed by atoms with Crippen molar-refractivity contribution >= 4 is 0 Å². The summed E-state index contributed by atoms with van der Waals surface area (Å²) in [5.74, 6) is 1.83. The molecule has 1 saturated carbocycles. The number of rotatable bonds is 3. The summed E-state index contributed by atoms with van der Waals surface area (Å²) >= 11 is 0. The predicted molar refractivity (Wildman–Crippen MR) is 50.9 cm³/mol. The number of likely N-dealkylation sites (tertiary alicyclic amines) is 1. The van der Waals surface area contributed by atoms with Crippen LogP contribution in [-0.2, 0) is 0 Å². The van der Waals surface area contributed by atoms with Crippen molar-refractivity contribution in [2.24, 2.45) is 17.6 Å². The maximum atomic E-state index is 5.69. The minimum Gasteiger partial charge on any atom is -0.330 e. The normalized spacial score (nSPS) is 32.2. The lowest BCUT2D eigenvalue weighted by atomic mass is 9.98. The molecule has 2 fully saturated rings. The third kappa shape index (κ3) is 2.20. The lowest BCUT2D eigenvalue weighted by Crippen LogP contribution is -2.39. The molecule has 2 nitrogen and oxygen atoms in total. The van der Waals surface area contributed by atoms with E-state index in [1.54, 1.807) is 0 Å². The van der Waals surface area contributed by atoms with Crippen LogP contribution in [0.4, 0.5) is 0 Å². The Morgan fingerprint density at radius 3 is 2.67 bits per heavy atom. The largest absolute Gasteiger partial charge is 0.330 e. The van der Waals surface area contributed by atoms with E-state index in [1.165, 1.54) is 45.3 Å². The SMILES string of the molecule is NCC1CCCN(CC2CC2)C1. The fourth-order valence-corrected chi connectivity index (χ4v) is 2.18. The first kappa shape index (κ1) is 8.52. The Balaban J connectivity index is 1.73. The second-order valence-corrected chi connectivity index (χ2v) is 4.45. The summed E-state index contributed by atoms with van der Waals surface area (Å²) in [6.07, 6.45) is 5.68. The van der Waals surface area contributed by atoms with Gasteiger partial charge in [-0.25, -0.2) is 0 Å². The molecule has 0 aromatic carbocycles. The number of hydrogen-bond donors (Lipinski definition) is 1. The smallest absolute Gasteiger partial charge is 0.00218 e. The van der Waals surface area contributed by atoms with E-state index in [0.717, 1.165) is 18.4 Å². The lowest BCUT2D eigenvalue weighted by molar-refractivity contribution is 0.172. The first-order valence-electron chi connectivity index (χ1n) is 5.31. The summed E-state index contributed by atoms with van der Waals surface area (Å²) < 4.78 is 0. The van der Waals surface area contributed by atoms with Crippen LogP contribution >= 0.6 is 0 Å².